The average molecular weight is 345 g/mol. The van der Waals surface area contributed by atoms with Crippen LogP contribution in [0.2, 0.25) is 5.02 Å². The van der Waals surface area contributed by atoms with E-state index in [1.54, 1.807) is 0 Å². The Kier molecular flexibility index (Phi) is 4.88. The molecule has 1 aliphatic carbocycles. The summed E-state index contributed by atoms with van der Waals surface area (Å²) in [6.45, 7) is 2.17. The molecule has 0 atom stereocenters. The monoisotopic (exact) mass is 344 g/mol. The smallest absolute Gasteiger partial charge is 0.171 e. The van der Waals surface area contributed by atoms with Gasteiger partial charge in [-0.25, -0.2) is 0 Å². The van der Waals surface area contributed by atoms with E-state index in [9.17, 15) is 0 Å². The Balaban J connectivity index is 1.80. The minimum absolute atomic E-state index is 0.0615. The van der Waals surface area contributed by atoms with E-state index in [4.69, 9.17) is 23.8 Å². The first kappa shape index (κ1) is 16.3. The highest BCUT2D eigenvalue weighted by atomic mass is 35.5. The first-order valence-electron chi connectivity index (χ1n) is 8.00. The summed E-state index contributed by atoms with van der Waals surface area (Å²) in [5.74, 6) is 0. The summed E-state index contributed by atoms with van der Waals surface area (Å²) in [5, 5.41) is 8.21. The lowest BCUT2D eigenvalue weighted by atomic mass is 9.85. The zero-order valence-corrected chi connectivity index (χ0v) is 14.8. The topological polar surface area (TPSA) is 24.1 Å². The number of nitrogens with one attached hydrogen (secondary N) is 2. The molecule has 1 aliphatic rings. The van der Waals surface area contributed by atoms with Gasteiger partial charge in [-0.3, -0.25) is 0 Å². The van der Waals surface area contributed by atoms with Gasteiger partial charge in [0.15, 0.2) is 5.11 Å². The van der Waals surface area contributed by atoms with Gasteiger partial charge in [0.2, 0.25) is 0 Å². The van der Waals surface area contributed by atoms with E-state index in [0.29, 0.717) is 10.1 Å². The summed E-state index contributed by atoms with van der Waals surface area (Å²) in [7, 11) is 0. The van der Waals surface area contributed by atoms with E-state index in [2.05, 4.69) is 41.8 Å². The SMILES string of the molecule is Cc1ccccc1C1(NC(=S)Nc2cccc(Cl)c2)CCCC1. The van der Waals surface area contributed by atoms with Crippen molar-refractivity contribution in [2.45, 2.75) is 38.1 Å². The predicted octanol–water partition coefficient (Wildman–Crippen LogP) is 5.40. The first-order chi connectivity index (χ1) is 11.1. The van der Waals surface area contributed by atoms with Crippen LogP contribution in [0.5, 0.6) is 0 Å². The Labute approximate surface area is 148 Å². The lowest BCUT2D eigenvalue weighted by Crippen LogP contribution is -2.46. The van der Waals surface area contributed by atoms with Crippen LogP contribution in [0.4, 0.5) is 5.69 Å². The summed E-state index contributed by atoms with van der Waals surface area (Å²) < 4.78 is 0. The summed E-state index contributed by atoms with van der Waals surface area (Å²) in [4.78, 5) is 0. The number of benzene rings is 2. The largest absolute Gasteiger partial charge is 0.353 e. The molecule has 0 aliphatic heterocycles. The number of thiocarbonyl (C=S) groups is 1. The molecule has 2 aromatic rings. The standard InChI is InChI=1S/C19H21ClN2S/c1-14-7-2-3-10-17(14)19(11-4-5-12-19)22-18(23)21-16-9-6-8-15(20)13-16/h2-3,6-10,13H,4-5,11-12H2,1H3,(H2,21,22,23). The Hall–Kier alpha value is -1.58. The quantitative estimate of drug-likeness (QED) is 0.728. The maximum absolute atomic E-state index is 6.04. The van der Waals surface area contributed by atoms with E-state index in [1.807, 2.05) is 24.3 Å². The molecule has 2 N–H and O–H groups in total. The van der Waals surface area contributed by atoms with Crippen molar-refractivity contribution in [2.24, 2.45) is 0 Å². The molecule has 0 aromatic heterocycles. The second-order valence-corrected chi connectivity index (χ2v) is 7.04. The summed E-state index contributed by atoms with van der Waals surface area (Å²) in [6, 6.07) is 16.2. The molecule has 0 radical (unpaired) electrons. The van der Waals surface area contributed by atoms with Crippen LogP contribution in [0.15, 0.2) is 48.5 Å². The number of halogens is 1. The highest BCUT2D eigenvalue weighted by Gasteiger charge is 2.37. The third-order valence-corrected chi connectivity index (χ3v) is 4.99. The molecular formula is C19H21ClN2S. The van der Waals surface area contributed by atoms with Crippen molar-refractivity contribution >= 4 is 34.6 Å². The molecule has 0 amide bonds. The number of hydrogen-bond acceptors (Lipinski definition) is 1. The van der Waals surface area contributed by atoms with Crippen LogP contribution in [-0.2, 0) is 5.54 Å². The van der Waals surface area contributed by atoms with Crippen molar-refractivity contribution in [3.05, 3.63) is 64.7 Å². The van der Waals surface area contributed by atoms with E-state index < -0.39 is 0 Å². The minimum atomic E-state index is -0.0615. The molecule has 1 fully saturated rings. The van der Waals surface area contributed by atoms with E-state index in [-0.39, 0.29) is 5.54 Å². The second kappa shape index (κ2) is 6.90. The number of rotatable bonds is 3. The third kappa shape index (κ3) is 3.67. The van der Waals surface area contributed by atoms with Gasteiger partial charge in [0.25, 0.3) is 0 Å². The minimum Gasteiger partial charge on any atom is -0.353 e. The molecule has 2 aromatic carbocycles. The molecule has 0 heterocycles. The normalized spacial score (nSPS) is 16.1. The van der Waals surface area contributed by atoms with E-state index >= 15 is 0 Å². The molecule has 1 saturated carbocycles. The van der Waals surface area contributed by atoms with Crippen molar-refractivity contribution in [2.75, 3.05) is 5.32 Å². The molecule has 0 spiro atoms. The fourth-order valence-electron chi connectivity index (χ4n) is 3.50. The highest BCUT2D eigenvalue weighted by molar-refractivity contribution is 7.80. The average Bonchev–Trinajstić information content (AvgIpc) is 2.97. The molecule has 3 rings (SSSR count). The zero-order chi connectivity index (χ0) is 16.3. The van der Waals surface area contributed by atoms with E-state index in [0.717, 1.165) is 18.5 Å². The highest BCUT2D eigenvalue weighted by Crippen LogP contribution is 2.40. The summed E-state index contributed by atoms with van der Waals surface area (Å²) >= 11 is 11.6. The van der Waals surface area contributed by atoms with Gasteiger partial charge in [-0.05, 0) is 61.3 Å². The molecule has 0 saturated heterocycles. The molecule has 2 nitrogen and oxygen atoms in total. The van der Waals surface area contributed by atoms with Crippen molar-refractivity contribution < 1.29 is 0 Å². The van der Waals surface area contributed by atoms with Crippen LogP contribution in [0.25, 0.3) is 0 Å². The molecular weight excluding hydrogens is 324 g/mol. The van der Waals surface area contributed by atoms with Crippen molar-refractivity contribution in [3.63, 3.8) is 0 Å². The molecule has 0 unspecified atom stereocenters. The molecule has 23 heavy (non-hydrogen) atoms. The Morgan fingerprint density at radius 1 is 1.09 bits per heavy atom. The van der Waals surface area contributed by atoms with Crippen LogP contribution >= 0.6 is 23.8 Å². The Bertz CT molecular complexity index is 708. The number of anilines is 1. The Morgan fingerprint density at radius 3 is 2.52 bits per heavy atom. The van der Waals surface area contributed by atoms with Gasteiger partial charge in [-0.15, -0.1) is 0 Å². The van der Waals surface area contributed by atoms with Crippen LogP contribution in [-0.4, -0.2) is 5.11 Å². The fourth-order valence-corrected chi connectivity index (χ4v) is 4.00. The van der Waals surface area contributed by atoms with Crippen LogP contribution < -0.4 is 10.6 Å². The van der Waals surface area contributed by atoms with Crippen molar-refractivity contribution in [1.29, 1.82) is 0 Å². The van der Waals surface area contributed by atoms with E-state index in [1.165, 1.54) is 24.0 Å². The van der Waals surface area contributed by atoms with Gasteiger partial charge >= 0.3 is 0 Å². The lowest BCUT2D eigenvalue weighted by molar-refractivity contribution is 0.406. The lowest BCUT2D eigenvalue weighted by Gasteiger charge is -2.33. The summed E-state index contributed by atoms with van der Waals surface area (Å²) in [6.07, 6.45) is 4.66. The van der Waals surface area contributed by atoms with Crippen LogP contribution in [0.3, 0.4) is 0 Å². The van der Waals surface area contributed by atoms with Gasteiger partial charge in [-0.1, -0.05) is 54.8 Å². The van der Waals surface area contributed by atoms with Crippen LogP contribution in [0, 0.1) is 6.92 Å². The Morgan fingerprint density at radius 2 is 1.83 bits per heavy atom. The van der Waals surface area contributed by atoms with Crippen molar-refractivity contribution in [1.82, 2.24) is 5.32 Å². The second-order valence-electron chi connectivity index (χ2n) is 6.19. The maximum atomic E-state index is 6.04. The van der Waals surface area contributed by atoms with Gasteiger partial charge in [0, 0.05) is 10.7 Å². The van der Waals surface area contributed by atoms with Crippen LogP contribution in [0.1, 0.15) is 36.8 Å². The predicted molar refractivity (Wildman–Crippen MR) is 102 cm³/mol. The molecule has 120 valence electrons. The van der Waals surface area contributed by atoms with Crippen molar-refractivity contribution in [3.8, 4) is 0 Å². The zero-order valence-electron chi connectivity index (χ0n) is 13.2. The van der Waals surface area contributed by atoms with Gasteiger partial charge in [-0.2, -0.15) is 0 Å². The number of aryl methyl sites for hydroxylation is 1. The summed E-state index contributed by atoms with van der Waals surface area (Å²) in [5.41, 5.74) is 3.52. The van der Waals surface area contributed by atoms with Gasteiger partial charge < -0.3 is 10.6 Å². The van der Waals surface area contributed by atoms with Gasteiger partial charge in [0.05, 0.1) is 5.54 Å². The first-order valence-corrected chi connectivity index (χ1v) is 8.79. The third-order valence-electron chi connectivity index (χ3n) is 4.55. The molecule has 0 bridgehead atoms. The maximum Gasteiger partial charge on any atom is 0.171 e. The van der Waals surface area contributed by atoms with Gasteiger partial charge in [0.1, 0.15) is 0 Å². The fraction of sp³-hybridized carbons (Fsp3) is 0.316. The molecule has 4 heteroatoms. The number of hydrogen-bond donors (Lipinski definition) is 2.